The second-order valence-corrected chi connectivity index (χ2v) is 6.97. The summed E-state index contributed by atoms with van der Waals surface area (Å²) >= 11 is 0. The van der Waals surface area contributed by atoms with Crippen LogP contribution in [0.15, 0.2) is 24.3 Å². The third-order valence-electron chi connectivity index (χ3n) is 2.04. The SMILES string of the molecule is CCS(=O)(=O)Nc1cccc(NC(C)(C)C)c1. The molecular weight excluding hydrogens is 236 g/mol. The van der Waals surface area contributed by atoms with Crippen molar-refractivity contribution in [2.45, 2.75) is 33.2 Å². The molecule has 0 amide bonds. The van der Waals surface area contributed by atoms with Crippen LogP contribution >= 0.6 is 0 Å². The molecule has 1 aromatic rings. The van der Waals surface area contributed by atoms with Crippen LogP contribution in [0.4, 0.5) is 11.4 Å². The van der Waals surface area contributed by atoms with Crippen molar-refractivity contribution in [3.63, 3.8) is 0 Å². The second-order valence-electron chi connectivity index (χ2n) is 4.96. The molecule has 0 aromatic heterocycles. The summed E-state index contributed by atoms with van der Waals surface area (Å²) in [7, 11) is -3.21. The summed E-state index contributed by atoms with van der Waals surface area (Å²) in [5.74, 6) is 0.0733. The first-order valence-corrected chi connectivity index (χ1v) is 7.26. The lowest BCUT2D eigenvalue weighted by Gasteiger charge is -2.22. The molecule has 0 heterocycles. The molecule has 17 heavy (non-hydrogen) atoms. The maximum Gasteiger partial charge on any atom is 0.232 e. The van der Waals surface area contributed by atoms with Gasteiger partial charge in [0.2, 0.25) is 10.0 Å². The van der Waals surface area contributed by atoms with Gasteiger partial charge in [-0.05, 0) is 45.9 Å². The summed E-state index contributed by atoms with van der Waals surface area (Å²) in [6.45, 7) is 7.77. The van der Waals surface area contributed by atoms with Crippen molar-refractivity contribution in [2.24, 2.45) is 0 Å². The van der Waals surface area contributed by atoms with E-state index in [4.69, 9.17) is 0 Å². The van der Waals surface area contributed by atoms with E-state index in [2.05, 4.69) is 30.8 Å². The van der Waals surface area contributed by atoms with Crippen molar-refractivity contribution >= 4 is 21.4 Å². The van der Waals surface area contributed by atoms with Crippen molar-refractivity contribution in [2.75, 3.05) is 15.8 Å². The number of rotatable bonds is 4. The molecule has 0 spiro atoms. The molecule has 0 saturated heterocycles. The molecule has 1 aromatic carbocycles. The highest BCUT2D eigenvalue weighted by Gasteiger charge is 2.10. The largest absolute Gasteiger partial charge is 0.380 e. The van der Waals surface area contributed by atoms with Crippen LogP contribution in [0.3, 0.4) is 0 Å². The maximum absolute atomic E-state index is 11.4. The van der Waals surface area contributed by atoms with Crippen LogP contribution in [0.1, 0.15) is 27.7 Å². The Morgan fingerprint density at radius 1 is 1.18 bits per heavy atom. The smallest absolute Gasteiger partial charge is 0.232 e. The number of sulfonamides is 1. The summed E-state index contributed by atoms with van der Waals surface area (Å²) in [6.07, 6.45) is 0. The monoisotopic (exact) mass is 256 g/mol. The second kappa shape index (κ2) is 4.96. The first-order chi connectivity index (χ1) is 7.72. The van der Waals surface area contributed by atoms with Gasteiger partial charge in [0.1, 0.15) is 0 Å². The van der Waals surface area contributed by atoms with E-state index in [1.165, 1.54) is 0 Å². The van der Waals surface area contributed by atoms with E-state index in [0.29, 0.717) is 5.69 Å². The van der Waals surface area contributed by atoms with Gasteiger partial charge in [-0.2, -0.15) is 0 Å². The summed E-state index contributed by atoms with van der Waals surface area (Å²) in [6, 6.07) is 7.26. The molecule has 0 fully saturated rings. The number of anilines is 2. The van der Waals surface area contributed by atoms with Gasteiger partial charge in [0.15, 0.2) is 0 Å². The van der Waals surface area contributed by atoms with E-state index < -0.39 is 10.0 Å². The van der Waals surface area contributed by atoms with Crippen LogP contribution in [0.2, 0.25) is 0 Å². The molecule has 0 saturated carbocycles. The van der Waals surface area contributed by atoms with Gasteiger partial charge < -0.3 is 5.32 Å². The fourth-order valence-corrected chi connectivity index (χ4v) is 1.98. The quantitative estimate of drug-likeness (QED) is 0.870. The minimum absolute atomic E-state index is 0.0533. The minimum Gasteiger partial charge on any atom is -0.380 e. The zero-order chi connectivity index (χ0) is 13.1. The molecule has 5 heteroatoms. The standard InChI is InChI=1S/C12H20N2O2S/c1-5-17(15,16)14-11-8-6-7-10(9-11)13-12(2,3)4/h6-9,13-14H,5H2,1-4H3. The van der Waals surface area contributed by atoms with E-state index in [-0.39, 0.29) is 11.3 Å². The number of nitrogens with one attached hydrogen (secondary N) is 2. The van der Waals surface area contributed by atoms with E-state index in [1.54, 1.807) is 19.1 Å². The van der Waals surface area contributed by atoms with Crippen LogP contribution in [0.25, 0.3) is 0 Å². The Balaban J connectivity index is 2.87. The third kappa shape index (κ3) is 5.08. The average Bonchev–Trinajstić information content (AvgIpc) is 2.14. The molecule has 0 unspecified atom stereocenters. The molecular formula is C12H20N2O2S. The van der Waals surface area contributed by atoms with Crippen LogP contribution in [0.5, 0.6) is 0 Å². The lowest BCUT2D eigenvalue weighted by Crippen LogP contribution is -2.26. The highest BCUT2D eigenvalue weighted by molar-refractivity contribution is 7.92. The first kappa shape index (κ1) is 13.8. The molecule has 96 valence electrons. The van der Waals surface area contributed by atoms with Crippen LogP contribution in [-0.4, -0.2) is 19.7 Å². The number of hydrogen-bond acceptors (Lipinski definition) is 3. The van der Waals surface area contributed by atoms with Crippen molar-refractivity contribution in [1.29, 1.82) is 0 Å². The highest BCUT2D eigenvalue weighted by atomic mass is 32.2. The molecule has 0 radical (unpaired) electrons. The Morgan fingerprint density at radius 2 is 1.76 bits per heavy atom. The number of benzene rings is 1. The fourth-order valence-electron chi connectivity index (χ4n) is 1.35. The summed E-state index contributed by atoms with van der Waals surface area (Å²) in [5, 5.41) is 3.29. The molecule has 2 N–H and O–H groups in total. The summed E-state index contributed by atoms with van der Waals surface area (Å²) in [4.78, 5) is 0. The van der Waals surface area contributed by atoms with Crippen molar-refractivity contribution < 1.29 is 8.42 Å². The van der Waals surface area contributed by atoms with E-state index in [9.17, 15) is 8.42 Å². The molecule has 1 rings (SSSR count). The van der Waals surface area contributed by atoms with E-state index >= 15 is 0 Å². The lowest BCUT2D eigenvalue weighted by molar-refractivity contribution is 0.602. The van der Waals surface area contributed by atoms with Crippen molar-refractivity contribution in [3.05, 3.63) is 24.3 Å². The van der Waals surface area contributed by atoms with Crippen molar-refractivity contribution in [1.82, 2.24) is 0 Å². The van der Waals surface area contributed by atoms with Gasteiger partial charge in [-0.25, -0.2) is 8.42 Å². The predicted octanol–water partition coefficient (Wildman–Crippen LogP) is 2.66. The zero-order valence-corrected chi connectivity index (χ0v) is 11.6. The Hall–Kier alpha value is -1.23. The molecule has 0 aliphatic heterocycles. The van der Waals surface area contributed by atoms with Gasteiger partial charge in [-0.1, -0.05) is 6.07 Å². The summed E-state index contributed by atoms with van der Waals surface area (Å²) in [5.41, 5.74) is 1.43. The van der Waals surface area contributed by atoms with Gasteiger partial charge in [-0.3, -0.25) is 4.72 Å². The van der Waals surface area contributed by atoms with Gasteiger partial charge in [0.05, 0.1) is 11.4 Å². The van der Waals surface area contributed by atoms with Crippen LogP contribution < -0.4 is 10.0 Å². The Bertz CT molecular complexity index is 476. The van der Waals surface area contributed by atoms with Crippen molar-refractivity contribution in [3.8, 4) is 0 Å². The molecule has 0 bridgehead atoms. The van der Waals surface area contributed by atoms with E-state index in [0.717, 1.165) is 5.69 Å². The Kier molecular flexibility index (Phi) is 4.03. The first-order valence-electron chi connectivity index (χ1n) is 5.60. The van der Waals surface area contributed by atoms with E-state index in [1.807, 2.05) is 12.1 Å². The Morgan fingerprint density at radius 3 is 2.29 bits per heavy atom. The summed E-state index contributed by atoms with van der Waals surface area (Å²) < 4.78 is 25.4. The van der Waals surface area contributed by atoms with Gasteiger partial charge in [-0.15, -0.1) is 0 Å². The molecule has 4 nitrogen and oxygen atoms in total. The molecule has 0 aliphatic rings. The van der Waals surface area contributed by atoms with Gasteiger partial charge in [0, 0.05) is 11.2 Å². The minimum atomic E-state index is -3.21. The third-order valence-corrected chi connectivity index (χ3v) is 3.34. The molecule has 0 atom stereocenters. The van der Waals surface area contributed by atoms with Gasteiger partial charge in [0.25, 0.3) is 0 Å². The van der Waals surface area contributed by atoms with Gasteiger partial charge >= 0.3 is 0 Å². The normalized spacial score (nSPS) is 12.2. The fraction of sp³-hybridized carbons (Fsp3) is 0.500. The topological polar surface area (TPSA) is 58.2 Å². The average molecular weight is 256 g/mol. The maximum atomic E-state index is 11.4. The predicted molar refractivity (Wildman–Crippen MR) is 72.9 cm³/mol. The zero-order valence-electron chi connectivity index (χ0n) is 10.7. The lowest BCUT2D eigenvalue weighted by atomic mass is 10.1. The van der Waals surface area contributed by atoms with Crippen LogP contribution in [-0.2, 0) is 10.0 Å². The molecule has 0 aliphatic carbocycles. The Labute approximate surface area is 103 Å². The van der Waals surface area contributed by atoms with Crippen LogP contribution in [0, 0.1) is 0 Å². The number of hydrogen-bond donors (Lipinski definition) is 2. The highest BCUT2D eigenvalue weighted by Crippen LogP contribution is 2.19.